The summed E-state index contributed by atoms with van der Waals surface area (Å²) in [6.45, 7) is 16.4. The van der Waals surface area contributed by atoms with Crippen LogP contribution in [0.2, 0.25) is 0 Å². The third-order valence-corrected chi connectivity index (χ3v) is 10.4. The van der Waals surface area contributed by atoms with Gasteiger partial charge in [-0.1, -0.05) is 43.3 Å². The van der Waals surface area contributed by atoms with Crippen molar-refractivity contribution in [1.82, 2.24) is 29.7 Å². The van der Waals surface area contributed by atoms with E-state index in [0.29, 0.717) is 39.3 Å². The van der Waals surface area contributed by atoms with Crippen LogP contribution in [0, 0.1) is 5.92 Å². The van der Waals surface area contributed by atoms with E-state index in [4.69, 9.17) is 23.9 Å². The van der Waals surface area contributed by atoms with Crippen molar-refractivity contribution in [2.75, 3.05) is 26.3 Å². The number of rotatable bonds is 4. The van der Waals surface area contributed by atoms with Gasteiger partial charge >= 0.3 is 12.2 Å². The van der Waals surface area contributed by atoms with Crippen molar-refractivity contribution in [2.45, 2.75) is 123 Å². The normalized spacial score (nSPS) is 23.9. The Morgan fingerprint density at radius 1 is 0.852 bits per heavy atom. The molecule has 2 saturated heterocycles. The van der Waals surface area contributed by atoms with Gasteiger partial charge in [0.1, 0.15) is 22.9 Å². The van der Waals surface area contributed by atoms with Gasteiger partial charge in [0, 0.05) is 26.2 Å². The maximum Gasteiger partial charge on any atom is 0.411 e. The van der Waals surface area contributed by atoms with E-state index in [1.54, 1.807) is 9.80 Å². The van der Waals surface area contributed by atoms with E-state index in [0.717, 1.165) is 72.0 Å². The first-order valence-electron chi connectivity index (χ1n) is 19.6. The Balaban J connectivity index is 1.09. The summed E-state index contributed by atoms with van der Waals surface area (Å²) in [5, 5.41) is 0. The lowest BCUT2D eigenvalue weighted by molar-refractivity contribution is 0.0151. The van der Waals surface area contributed by atoms with Crippen LogP contribution in [0.15, 0.2) is 42.6 Å². The number of imidazole rings is 2. The number of ether oxygens (including phenoxy) is 4. The molecule has 1 aromatic carbocycles. The molecular formula is C42H56N6O6. The molecule has 0 saturated carbocycles. The van der Waals surface area contributed by atoms with Gasteiger partial charge in [-0.15, -0.1) is 0 Å². The molecule has 2 fully saturated rings. The number of nitrogens with one attached hydrogen (secondary N) is 2. The van der Waals surface area contributed by atoms with Gasteiger partial charge in [0.05, 0.1) is 54.6 Å². The number of allylic oxidation sites excluding steroid dienone is 4. The molecule has 1 aliphatic carbocycles. The fourth-order valence-corrected chi connectivity index (χ4v) is 7.89. The van der Waals surface area contributed by atoms with E-state index < -0.39 is 11.2 Å². The highest BCUT2D eigenvalue weighted by molar-refractivity contribution is 5.80. The van der Waals surface area contributed by atoms with Gasteiger partial charge in [-0.25, -0.2) is 19.6 Å². The molecule has 0 spiro atoms. The highest BCUT2D eigenvalue weighted by atomic mass is 16.6. The zero-order chi connectivity index (χ0) is 38.2. The molecule has 7 rings (SSSR count). The lowest BCUT2D eigenvalue weighted by Crippen LogP contribution is -2.37. The number of likely N-dealkylation sites (tertiary alicyclic amines) is 2. The molecule has 2 N–H and O–H groups in total. The molecule has 5 heterocycles. The number of H-pyrrole nitrogens is 2. The van der Waals surface area contributed by atoms with Gasteiger partial charge in [0.15, 0.2) is 0 Å². The lowest BCUT2D eigenvalue weighted by Gasteiger charge is -2.27. The minimum absolute atomic E-state index is 0.0795. The fourth-order valence-electron chi connectivity index (χ4n) is 7.89. The predicted molar refractivity (Wildman–Crippen MR) is 206 cm³/mol. The number of aromatic nitrogens is 4. The zero-order valence-corrected chi connectivity index (χ0v) is 32.9. The van der Waals surface area contributed by atoms with Crippen molar-refractivity contribution in [3.05, 3.63) is 71.2 Å². The molecule has 4 bridgehead atoms. The topological polar surface area (TPSA) is 135 Å². The minimum Gasteiger partial charge on any atom is -0.444 e. The summed E-state index contributed by atoms with van der Waals surface area (Å²) >= 11 is 0. The van der Waals surface area contributed by atoms with Crippen LogP contribution in [0.4, 0.5) is 9.59 Å². The third-order valence-electron chi connectivity index (χ3n) is 10.4. The van der Waals surface area contributed by atoms with Gasteiger partial charge in [0.25, 0.3) is 0 Å². The van der Waals surface area contributed by atoms with Gasteiger partial charge in [-0.2, -0.15) is 0 Å². The van der Waals surface area contributed by atoms with Crippen molar-refractivity contribution in [3.63, 3.8) is 0 Å². The fraction of sp³-hybridized carbons (Fsp3) is 0.571. The van der Waals surface area contributed by atoms with Crippen molar-refractivity contribution < 1.29 is 28.5 Å². The first kappa shape index (κ1) is 37.9. The van der Waals surface area contributed by atoms with Gasteiger partial charge in [0.2, 0.25) is 0 Å². The molecule has 3 aromatic rings. The van der Waals surface area contributed by atoms with Crippen LogP contribution < -0.4 is 0 Å². The summed E-state index contributed by atoms with van der Waals surface area (Å²) in [6, 6.07) is 8.17. The van der Waals surface area contributed by atoms with E-state index in [-0.39, 0.29) is 36.3 Å². The number of amides is 2. The quantitative estimate of drug-likeness (QED) is 0.271. The number of hydrogen-bond donors (Lipinski definition) is 2. The highest BCUT2D eigenvalue weighted by Gasteiger charge is 2.41. The Labute approximate surface area is 318 Å². The van der Waals surface area contributed by atoms with Crippen LogP contribution in [0.5, 0.6) is 0 Å². The molecule has 2 aromatic heterocycles. The third kappa shape index (κ3) is 8.60. The maximum absolute atomic E-state index is 13.4. The van der Waals surface area contributed by atoms with E-state index in [2.05, 4.69) is 58.3 Å². The summed E-state index contributed by atoms with van der Waals surface area (Å²) in [5.41, 5.74) is 6.20. The summed E-state index contributed by atoms with van der Waals surface area (Å²) in [4.78, 5) is 46.7. The van der Waals surface area contributed by atoms with E-state index in [1.165, 1.54) is 11.1 Å². The Morgan fingerprint density at radius 3 is 2.28 bits per heavy atom. The summed E-state index contributed by atoms with van der Waals surface area (Å²) in [5.74, 6) is 1.77. The molecular weight excluding hydrogens is 684 g/mol. The molecule has 4 aliphatic rings. The SMILES string of the molecule is CC1CC(c2nc3[nH]c2COCCCCO[C@H]2C[C@@H]3N(C(=O)OC(C)(C)C)C2)=CC=C1c1ccc(-c2cnc([C@@H]3CCCN3C(=O)OC(C)(C)C)[nH]2)cc1. The first-order chi connectivity index (χ1) is 25.7. The molecule has 3 aliphatic heterocycles. The van der Waals surface area contributed by atoms with Crippen LogP contribution in [-0.2, 0) is 25.6 Å². The van der Waals surface area contributed by atoms with Crippen LogP contribution in [0.1, 0.15) is 128 Å². The number of hydrogen-bond acceptors (Lipinski definition) is 8. The largest absolute Gasteiger partial charge is 0.444 e. The molecule has 0 radical (unpaired) electrons. The standard InChI is InChI=1S/C42H56N6O6/c1-26-21-29(36-33-25-51-19-8-9-20-52-30-22-35(38(45-33)46-36)48(24-30)40(50)54-42(5,6)7)16-17-31(26)27-12-14-28(15-13-27)32-23-43-37(44-32)34-11-10-18-47(34)39(49)53-41(2,3)4/h12-17,23,26,30,34-35H,8-11,18-22,24-25H2,1-7H3,(H,43,44)(H,45,46)/t26?,30-,34-,35-/m0/s1. The second-order valence-corrected chi connectivity index (χ2v) is 17.1. The molecule has 290 valence electrons. The second-order valence-electron chi connectivity index (χ2n) is 17.1. The van der Waals surface area contributed by atoms with Crippen molar-refractivity contribution in [3.8, 4) is 11.3 Å². The van der Waals surface area contributed by atoms with Gasteiger partial charge in [-0.05, 0) is 102 Å². The number of carbonyl (C=O) groups is 2. The van der Waals surface area contributed by atoms with Crippen molar-refractivity contribution in [1.29, 1.82) is 0 Å². The average Bonchev–Trinajstić information content (AvgIpc) is 3.92. The molecule has 4 atom stereocenters. The average molecular weight is 741 g/mol. The Morgan fingerprint density at radius 2 is 1.56 bits per heavy atom. The second kappa shape index (κ2) is 15.4. The summed E-state index contributed by atoms with van der Waals surface area (Å²) < 4.78 is 23.8. The number of benzene rings is 1. The number of fused-ring (bicyclic) bond motifs is 5. The van der Waals surface area contributed by atoms with Gasteiger partial charge < -0.3 is 28.9 Å². The number of carbonyl (C=O) groups excluding carboxylic acids is 2. The first-order valence-corrected chi connectivity index (χ1v) is 19.6. The van der Waals surface area contributed by atoms with E-state index >= 15 is 0 Å². The molecule has 1 unspecified atom stereocenters. The number of aromatic amines is 2. The minimum atomic E-state index is -0.604. The van der Waals surface area contributed by atoms with Crippen LogP contribution in [0.3, 0.4) is 0 Å². The Kier molecular flexibility index (Phi) is 10.8. The molecule has 12 heteroatoms. The lowest BCUT2D eigenvalue weighted by atomic mass is 9.83. The molecule has 12 nitrogen and oxygen atoms in total. The van der Waals surface area contributed by atoms with Crippen molar-refractivity contribution in [2.24, 2.45) is 5.92 Å². The predicted octanol–water partition coefficient (Wildman–Crippen LogP) is 8.76. The monoisotopic (exact) mass is 740 g/mol. The summed E-state index contributed by atoms with van der Waals surface area (Å²) in [6.07, 6.45) is 10.6. The number of nitrogens with zero attached hydrogens (tertiary/aromatic N) is 4. The smallest absolute Gasteiger partial charge is 0.411 e. The van der Waals surface area contributed by atoms with Crippen LogP contribution in [0.25, 0.3) is 22.4 Å². The Bertz CT molecular complexity index is 1880. The molecule has 2 amide bonds. The molecule has 54 heavy (non-hydrogen) atoms. The summed E-state index contributed by atoms with van der Waals surface area (Å²) in [7, 11) is 0. The van der Waals surface area contributed by atoms with E-state index in [9.17, 15) is 9.59 Å². The maximum atomic E-state index is 13.4. The van der Waals surface area contributed by atoms with Crippen LogP contribution in [-0.4, -0.2) is 85.5 Å². The Hall–Kier alpha value is -4.42. The zero-order valence-electron chi connectivity index (χ0n) is 32.9. The van der Waals surface area contributed by atoms with Crippen LogP contribution >= 0.6 is 0 Å². The van der Waals surface area contributed by atoms with Gasteiger partial charge in [-0.3, -0.25) is 9.80 Å². The van der Waals surface area contributed by atoms with E-state index in [1.807, 2.05) is 47.7 Å². The highest BCUT2D eigenvalue weighted by Crippen LogP contribution is 2.40. The van der Waals surface area contributed by atoms with Crippen molar-refractivity contribution >= 4 is 23.3 Å².